The predicted octanol–water partition coefficient (Wildman–Crippen LogP) is 8.13. The first-order valence-corrected chi connectivity index (χ1v) is 12.7. The summed E-state index contributed by atoms with van der Waals surface area (Å²) in [5.74, 6) is 5.19. The molecule has 4 heteroatoms. The SMILES string of the molecule is CC(C)COc1ccc2c(OCC(C)C)c3cc(OCC(C)C)ccc3c(OCC(C)C)c2c1. The highest BCUT2D eigenvalue weighted by atomic mass is 16.5. The maximum absolute atomic E-state index is 6.44. The van der Waals surface area contributed by atoms with E-state index < -0.39 is 0 Å². The van der Waals surface area contributed by atoms with Crippen LogP contribution in [0.5, 0.6) is 23.0 Å². The standard InChI is InChI=1S/C30H42O4/c1-19(2)15-31-23-9-11-25-27(13-23)29(33-17-21(5)6)26-12-10-24(32-16-20(3)4)14-28(26)30(25)34-18-22(7)8/h9-14,19-22H,15-18H2,1-8H3. The molecule has 186 valence electrons. The summed E-state index contributed by atoms with van der Waals surface area (Å²) >= 11 is 0. The molecule has 0 bridgehead atoms. The number of ether oxygens (including phenoxy) is 4. The quantitative estimate of drug-likeness (QED) is 0.252. The van der Waals surface area contributed by atoms with E-state index >= 15 is 0 Å². The van der Waals surface area contributed by atoms with E-state index in [-0.39, 0.29) is 0 Å². The van der Waals surface area contributed by atoms with Crippen LogP contribution >= 0.6 is 0 Å². The van der Waals surface area contributed by atoms with Crippen molar-refractivity contribution in [3.8, 4) is 23.0 Å². The Bertz CT molecular complexity index is 995. The van der Waals surface area contributed by atoms with E-state index in [0.717, 1.165) is 44.5 Å². The number of hydrogen-bond donors (Lipinski definition) is 0. The molecule has 3 aromatic carbocycles. The van der Waals surface area contributed by atoms with Crippen molar-refractivity contribution in [2.75, 3.05) is 26.4 Å². The molecule has 0 aliphatic heterocycles. The molecule has 3 rings (SSSR count). The van der Waals surface area contributed by atoms with Crippen molar-refractivity contribution in [1.29, 1.82) is 0 Å². The zero-order chi connectivity index (χ0) is 24.8. The third-order valence-electron chi connectivity index (χ3n) is 5.25. The minimum Gasteiger partial charge on any atom is -0.493 e. The summed E-state index contributed by atoms with van der Waals surface area (Å²) in [6.07, 6.45) is 0. The molecule has 0 atom stereocenters. The Morgan fingerprint density at radius 2 is 0.765 bits per heavy atom. The van der Waals surface area contributed by atoms with Crippen molar-refractivity contribution in [2.24, 2.45) is 23.7 Å². The molecule has 0 radical (unpaired) electrons. The van der Waals surface area contributed by atoms with Crippen LogP contribution in [0.3, 0.4) is 0 Å². The molecular weight excluding hydrogens is 424 g/mol. The van der Waals surface area contributed by atoms with Crippen LogP contribution in [0.2, 0.25) is 0 Å². The van der Waals surface area contributed by atoms with Gasteiger partial charge in [0.15, 0.2) is 0 Å². The summed E-state index contributed by atoms with van der Waals surface area (Å²) in [7, 11) is 0. The Balaban J connectivity index is 2.23. The van der Waals surface area contributed by atoms with Gasteiger partial charge in [0, 0.05) is 21.5 Å². The lowest BCUT2D eigenvalue weighted by Crippen LogP contribution is -2.09. The summed E-state index contributed by atoms with van der Waals surface area (Å²) < 4.78 is 25.0. The first-order valence-electron chi connectivity index (χ1n) is 12.7. The number of benzene rings is 3. The van der Waals surface area contributed by atoms with Gasteiger partial charge in [0.05, 0.1) is 26.4 Å². The fraction of sp³-hybridized carbons (Fsp3) is 0.533. The summed E-state index contributed by atoms with van der Waals surface area (Å²) in [5.41, 5.74) is 0. The molecule has 0 aromatic heterocycles. The van der Waals surface area contributed by atoms with Gasteiger partial charge in [-0.25, -0.2) is 0 Å². The number of hydrogen-bond acceptors (Lipinski definition) is 4. The highest BCUT2D eigenvalue weighted by molar-refractivity contribution is 6.11. The van der Waals surface area contributed by atoms with Crippen LogP contribution in [-0.4, -0.2) is 26.4 Å². The zero-order valence-electron chi connectivity index (χ0n) is 22.2. The minimum absolute atomic E-state index is 0.413. The third kappa shape index (κ3) is 6.71. The van der Waals surface area contributed by atoms with Gasteiger partial charge in [0.1, 0.15) is 23.0 Å². The molecule has 0 fully saturated rings. The van der Waals surface area contributed by atoms with Gasteiger partial charge in [-0.1, -0.05) is 55.4 Å². The molecule has 0 aliphatic carbocycles. The van der Waals surface area contributed by atoms with E-state index in [1.165, 1.54) is 0 Å². The molecule has 0 unspecified atom stereocenters. The lowest BCUT2D eigenvalue weighted by atomic mass is 9.99. The van der Waals surface area contributed by atoms with E-state index in [1.54, 1.807) is 0 Å². The fourth-order valence-corrected chi connectivity index (χ4v) is 3.62. The molecule has 0 aliphatic rings. The molecule has 34 heavy (non-hydrogen) atoms. The van der Waals surface area contributed by atoms with Crippen molar-refractivity contribution < 1.29 is 18.9 Å². The van der Waals surface area contributed by atoms with Crippen LogP contribution in [0.25, 0.3) is 21.5 Å². The van der Waals surface area contributed by atoms with Crippen LogP contribution in [0, 0.1) is 23.7 Å². The zero-order valence-corrected chi connectivity index (χ0v) is 22.2. The molecule has 0 saturated heterocycles. The van der Waals surface area contributed by atoms with E-state index in [9.17, 15) is 0 Å². The molecule has 4 nitrogen and oxygen atoms in total. The molecule has 0 spiro atoms. The monoisotopic (exact) mass is 466 g/mol. The second kappa shape index (κ2) is 11.7. The van der Waals surface area contributed by atoms with E-state index in [0.29, 0.717) is 50.1 Å². The van der Waals surface area contributed by atoms with E-state index in [4.69, 9.17) is 18.9 Å². The van der Waals surface area contributed by atoms with E-state index in [1.807, 2.05) is 12.1 Å². The maximum Gasteiger partial charge on any atom is 0.135 e. The smallest absolute Gasteiger partial charge is 0.135 e. The highest BCUT2D eigenvalue weighted by Crippen LogP contribution is 2.45. The first-order chi connectivity index (χ1) is 16.2. The second-order valence-corrected chi connectivity index (χ2v) is 10.9. The molecule has 3 aromatic rings. The predicted molar refractivity (Wildman–Crippen MR) is 143 cm³/mol. The van der Waals surface area contributed by atoms with Crippen LogP contribution in [0.1, 0.15) is 55.4 Å². The Hall–Kier alpha value is -2.62. The third-order valence-corrected chi connectivity index (χ3v) is 5.25. The minimum atomic E-state index is 0.413. The molecular formula is C30H42O4. The number of fused-ring (bicyclic) bond motifs is 2. The summed E-state index contributed by atoms with van der Waals surface area (Å²) in [4.78, 5) is 0. The topological polar surface area (TPSA) is 36.9 Å². The number of rotatable bonds is 12. The van der Waals surface area contributed by atoms with Gasteiger partial charge in [0.25, 0.3) is 0 Å². The van der Waals surface area contributed by atoms with Gasteiger partial charge in [-0.3, -0.25) is 0 Å². The Morgan fingerprint density at radius 1 is 0.441 bits per heavy atom. The molecule has 0 amide bonds. The lowest BCUT2D eigenvalue weighted by Gasteiger charge is -2.21. The highest BCUT2D eigenvalue weighted by Gasteiger charge is 2.19. The molecule has 0 heterocycles. The average Bonchev–Trinajstić information content (AvgIpc) is 2.77. The summed E-state index contributed by atoms with van der Waals surface area (Å²) in [6, 6.07) is 12.5. The lowest BCUT2D eigenvalue weighted by molar-refractivity contribution is 0.267. The largest absolute Gasteiger partial charge is 0.493 e. The second-order valence-electron chi connectivity index (χ2n) is 10.9. The van der Waals surface area contributed by atoms with Crippen molar-refractivity contribution in [3.63, 3.8) is 0 Å². The van der Waals surface area contributed by atoms with Crippen molar-refractivity contribution in [2.45, 2.75) is 55.4 Å². The summed E-state index contributed by atoms with van der Waals surface area (Å²) in [5, 5.41) is 4.10. The average molecular weight is 467 g/mol. The van der Waals surface area contributed by atoms with Gasteiger partial charge in [0.2, 0.25) is 0 Å². The van der Waals surface area contributed by atoms with Gasteiger partial charge < -0.3 is 18.9 Å². The van der Waals surface area contributed by atoms with Gasteiger partial charge >= 0.3 is 0 Å². The van der Waals surface area contributed by atoms with Gasteiger partial charge in [-0.05, 0) is 60.1 Å². The Labute approximate surface area is 205 Å². The normalized spacial score (nSPS) is 11.9. The van der Waals surface area contributed by atoms with Crippen molar-refractivity contribution >= 4 is 21.5 Å². The van der Waals surface area contributed by atoms with Crippen LogP contribution in [0.15, 0.2) is 36.4 Å². The van der Waals surface area contributed by atoms with Gasteiger partial charge in [-0.15, -0.1) is 0 Å². The van der Waals surface area contributed by atoms with E-state index in [2.05, 4.69) is 79.7 Å². The first kappa shape index (κ1) is 26.0. The Kier molecular flexibility index (Phi) is 8.93. The van der Waals surface area contributed by atoms with Crippen molar-refractivity contribution in [1.82, 2.24) is 0 Å². The molecule has 0 saturated carbocycles. The van der Waals surface area contributed by atoms with Crippen LogP contribution in [-0.2, 0) is 0 Å². The van der Waals surface area contributed by atoms with Gasteiger partial charge in [-0.2, -0.15) is 0 Å². The van der Waals surface area contributed by atoms with Crippen molar-refractivity contribution in [3.05, 3.63) is 36.4 Å². The Morgan fingerprint density at radius 3 is 1.09 bits per heavy atom. The maximum atomic E-state index is 6.44. The van der Waals surface area contributed by atoms with Crippen LogP contribution < -0.4 is 18.9 Å². The molecule has 0 N–H and O–H groups in total. The van der Waals surface area contributed by atoms with Crippen LogP contribution in [0.4, 0.5) is 0 Å². The fourth-order valence-electron chi connectivity index (χ4n) is 3.62. The summed E-state index contributed by atoms with van der Waals surface area (Å²) in [6.45, 7) is 19.9.